The Kier molecular flexibility index (Phi) is 8.09. The standard InChI is InChI=1S/C16H25FN4.HI/c1-4-18-16(20-14-8-9-14)19-11-15(21(2)3)12-6-5-7-13(17)10-12;/h5-7,10,14-15H,4,8-9,11H2,1-3H3,(H2,18,19,20);1H. The third kappa shape index (κ3) is 6.08. The highest BCUT2D eigenvalue weighted by Gasteiger charge is 2.22. The molecule has 0 amide bonds. The zero-order valence-corrected chi connectivity index (χ0v) is 15.8. The normalized spacial score (nSPS) is 16.1. The number of rotatable bonds is 6. The number of benzene rings is 1. The maximum absolute atomic E-state index is 13.4. The van der Waals surface area contributed by atoms with Crippen molar-refractivity contribution in [3.63, 3.8) is 0 Å². The number of nitrogens with zero attached hydrogens (tertiary/aromatic N) is 2. The van der Waals surface area contributed by atoms with Crippen molar-refractivity contribution in [2.45, 2.75) is 31.8 Å². The molecule has 1 unspecified atom stereocenters. The Labute approximate surface area is 149 Å². The minimum Gasteiger partial charge on any atom is -0.357 e. The van der Waals surface area contributed by atoms with Gasteiger partial charge in [-0.05, 0) is 51.6 Å². The van der Waals surface area contributed by atoms with Crippen LogP contribution in [-0.2, 0) is 0 Å². The van der Waals surface area contributed by atoms with E-state index in [2.05, 4.69) is 27.4 Å². The van der Waals surface area contributed by atoms with Crippen molar-refractivity contribution in [2.75, 3.05) is 27.2 Å². The van der Waals surface area contributed by atoms with Crippen molar-refractivity contribution in [1.82, 2.24) is 15.5 Å². The minimum atomic E-state index is -0.202. The van der Waals surface area contributed by atoms with Gasteiger partial charge in [0, 0.05) is 12.6 Å². The molecule has 1 aliphatic carbocycles. The van der Waals surface area contributed by atoms with Gasteiger partial charge in [-0.15, -0.1) is 24.0 Å². The van der Waals surface area contributed by atoms with Crippen LogP contribution in [0.1, 0.15) is 31.4 Å². The Hall–Kier alpha value is -0.890. The van der Waals surface area contributed by atoms with Crippen LogP contribution in [0.4, 0.5) is 4.39 Å². The van der Waals surface area contributed by atoms with E-state index in [1.165, 1.54) is 18.9 Å². The van der Waals surface area contributed by atoms with Crippen LogP contribution in [0.5, 0.6) is 0 Å². The van der Waals surface area contributed by atoms with Gasteiger partial charge >= 0.3 is 0 Å². The van der Waals surface area contributed by atoms with Gasteiger partial charge in [-0.2, -0.15) is 0 Å². The van der Waals surface area contributed by atoms with Gasteiger partial charge in [-0.1, -0.05) is 12.1 Å². The summed E-state index contributed by atoms with van der Waals surface area (Å²) in [5.74, 6) is 0.648. The van der Waals surface area contributed by atoms with Crippen LogP contribution in [0.15, 0.2) is 29.3 Å². The van der Waals surface area contributed by atoms with Crippen LogP contribution in [0.25, 0.3) is 0 Å². The SMILES string of the molecule is CCNC(=NCC(c1cccc(F)c1)N(C)C)NC1CC1.I. The molecule has 22 heavy (non-hydrogen) atoms. The predicted molar refractivity (Wildman–Crippen MR) is 100 cm³/mol. The van der Waals surface area contributed by atoms with Crippen LogP contribution < -0.4 is 10.6 Å². The van der Waals surface area contributed by atoms with Gasteiger partial charge < -0.3 is 15.5 Å². The molecule has 0 bridgehead atoms. The van der Waals surface area contributed by atoms with E-state index >= 15 is 0 Å². The zero-order chi connectivity index (χ0) is 15.2. The topological polar surface area (TPSA) is 39.7 Å². The van der Waals surface area contributed by atoms with E-state index in [0.717, 1.165) is 18.1 Å². The molecule has 0 spiro atoms. The van der Waals surface area contributed by atoms with Crippen LogP contribution in [-0.4, -0.2) is 44.1 Å². The molecule has 0 radical (unpaired) electrons. The molecule has 1 atom stereocenters. The number of nitrogens with one attached hydrogen (secondary N) is 2. The van der Waals surface area contributed by atoms with E-state index in [1.807, 2.05) is 20.2 Å². The quantitative estimate of drug-likeness (QED) is 0.423. The minimum absolute atomic E-state index is 0. The van der Waals surface area contributed by atoms with Crippen LogP contribution in [0.3, 0.4) is 0 Å². The van der Waals surface area contributed by atoms with E-state index in [1.54, 1.807) is 12.1 Å². The highest BCUT2D eigenvalue weighted by molar-refractivity contribution is 14.0. The molecule has 2 rings (SSSR count). The Morgan fingerprint density at radius 1 is 1.41 bits per heavy atom. The summed E-state index contributed by atoms with van der Waals surface area (Å²) in [6, 6.07) is 7.38. The number of hydrogen-bond acceptors (Lipinski definition) is 2. The van der Waals surface area contributed by atoms with Crippen molar-refractivity contribution < 1.29 is 4.39 Å². The first kappa shape index (κ1) is 19.2. The zero-order valence-electron chi connectivity index (χ0n) is 13.5. The van der Waals surface area contributed by atoms with Gasteiger partial charge in [0.15, 0.2) is 5.96 Å². The lowest BCUT2D eigenvalue weighted by Gasteiger charge is -2.23. The fourth-order valence-corrected chi connectivity index (χ4v) is 2.20. The van der Waals surface area contributed by atoms with Crippen LogP contribution >= 0.6 is 24.0 Å². The molecule has 1 saturated carbocycles. The fraction of sp³-hybridized carbons (Fsp3) is 0.562. The summed E-state index contributed by atoms with van der Waals surface area (Å²) < 4.78 is 13.4. The number of aliphatic imine (C=N–C) groups is 1. The van der Waals surface area contributed by atoms with E-state index in [9.17, 15) is 4.39 Å². The Morgan fingerprint density at radius 2 is 2.14 bits per heavy atom. The second-order valence-electron chi connectivity index (χ2n) is 5.67. The average Bonchev–Trinajstić information content (AvgIpc) is 3.23. The highest BCUT2D eigenvalue weighted by Crippen LogP contribution is 2.20. The van der Waals surface area contributed by atoms with Crippen molar-refractivity contribution in [2.24, 2.45) is 4.99 Å². The first-order valence-corrected chi connectivity index (χ1v) is 7.57. The molecule has 0 heterocycles. The maximum atomic E-state index is 13.4. The Bertz CT molecular complexity index is 489. The lowest BCUT2D eigenvalue weighted by Crippen LogP contribution is -2.39. The molecule has 1 aromatic carbocycles. The summed E-state index contributed by atoms with van der Waals surface area (Å²) in [7, 11) is 3.98. The smallest absolute Gasteiger partial charge is 0.191 e. The van der Waals surface area contributed by atoms with Gasteiger partial charge in [-0.3, -0.25) is 4.99 Å². The Balaban J connectivity index is 0.00000242. The van der Waals surface area contributed by atoms with Gasteiger partial charge in [0.2, 0.25) is 0 Å². The first-order valence-electron chi connectivity index (χ1n) is 7.57. The molecule has 0 aromatic heterocycles. The predicted octanol–water partition coefficient (Wildman–Crippen LogP) is 2.76. The largest absolute Gasteiger partial charge is 0.357 e. The first-order chi connectivity index (χ1) is 10.1. The highest BCUT2D eigenvalue weighted by atomic mass is 127. The number of halogens is 2. The third-order valence-corrected chi connectivity index (χ3v) is 3.54. The molecular formula is C16H26FIN4. The number of likely N-dealkylation sites (N-methyl/N-ethyl adjacent to an activating group) is 1. The van der Waals surface area contributed by atoms with Gasteiger partial charge in [0.1, 0.15) is 5.82 Å². The summed E-state index contributed by atoms with van der Waals surface area (Å²) in [4.78, 5) is 6.72. The van der Waals surface area contributed by atoms with E-state index in [-0.39, 0.29) is 35.8 Å². The van der Waals surface area contributed by atoms with Crippen molar-refractivity contribution in [3.05, 3.63) is 35.6 Å². The molecule has 0 saturated heterocycles. The molecule has 4 nitrogen and oxygen atoms in total. The molecule has 2 N–H and O–H groups in total. The summed E-state index contributed by atoms with van der Waals surface area (Å²) in [5, 5.41) is 6.65. The van der Waals surface area contributed by atoms with Crippen molar-refractivity contribution in [1.29, 1.82) is 0 Å². The van der Waals surface area contributed by atoms with Crippen LogP contribution in [0.2, 0.25) is 0 Å². The van der Waals surface area contributed by atoms with E-state index in [0.29, 0.717) is 12.6 Å². The Morgan fingerprint density at radius 3 is 2.68 bits per heavy atom. The summed E-state index contributed by atoms with van der Waals surface area (Å²) in [6.45, 7) is 3.49. The summed E-state index contributed by atoms with van der Waals surface area (Å²) in [6.07, 6.45) is 2.43. The van der Waals surface area contributed by atoms with Crippen molar-refractivity contribution in [3.8, 4) is 0 Å². The average molecular weight is 420 g/mol. The molecule has 1 fully saturated rings. The molecular weight excluding hydrogens is 394 g/mol. The molecule has 1 aliphatic rings. The third-order valence-electron chi connectivity index (χ3n) is 3.54. The van der Waals surface area contributed by atoms with E-state index < -0.39 is 0 Å². The lowest BCUT2D eigenvalue weighted by molar-refractivity contribution is 0.305. The second kappa shape index (κ2) is 9.29. The lowest BCUT2D eigenvalue weighted by atomic mass is 10.1. The van der Waals surface area contributed by atoms with Gasteiger partial charge in [0.25, 0.3) is 0 Å². The van der Waals surface area contributed by atoms with Crippen molar-refractivity contribution >= 4 is 29.9 Å². The number of guanidine groups is 1. The summed E-state index contributed by atoms with van der Waals surface area (Å²) >= 11 is 0. The van der Waals surface area contributed by atoms with Gasteiger partial charge in [0.05, 0.1) is 12.6 Å². The van der Waals surface area contributed by atoms with Crippen LogP contribution in [0, 0.1) is 5.82 Å². The monoisotopic (exact) mass is 420 g/mol. The molecule has 1 aromatic rings. The van der Waals surface area contributed by atoms with Gasteiger partial charge in [-0.25, -0.2) is 4.39 Å². The summed E-state index contributed by atoms with van der Waals surface area (Å²) in [5.41, 5.74) is 0.950. The number of hydrogen-bond donors (Lipinski definition) is 2. The molecule has 6 heteroatoms. The molecule has 124 valence electrons. The maximum Gasteiger partial charge on any atom is 0.191 e. The molecule has 0 aliphatic heterocycles. The fourth-order valence-electron chi connectivity index (χ4n) is 2.20. The van der Waals surface area contributed by atoms with E-state index in [4.69, 9.17) is 0 Å². The second-order valence-corrected chi connectivity index (χ2v) is 5.67.